The Labute approximate surface area is 122 Å². The van der Waals surface area contributed by atoms with Gasteiger partial charge >= 0.3 is 0 Å². The molecular formula is C15H18N4O2. The molecule has 0 spiro atoms. The summed E-state index contributed by atoms with van der Waals surface area (Å²) in [4.78, 5) is 34.7. The van der Waals surface area contributed by atoms with Gasteiger partial charge in [0.1, 0.15) is 5.56 Å². The molecule has 0 aliphatic carbocycles. The zero-order valence-corrected chi connectivity index (χ0v) is 12.1. The predicted octanol–water partition coefficient (Wildman–Crippen LogP) is 1.01. The molecule has 0 bridgehead atoms. The molecule has 2 aromatic heterocycles. The number of aryl methyl sites for hydroxylation is 2. The number of pyridine rings is 1. The number of rotatable bonds is 5. The van der Waals surface area contributed by atoms with Crippen molar-refractivity contribution in [2.45, 2.75) is 26.7 Å². The third kappa shape index (κ3) is 3.75. The SMILES string of the molecule is CCc1c[nH]c(=O)c(C(=O)NCCc2nccnc2C)c1. The van der Waals surface area contributed by atoms with Crippen LogP contribution in [0.4, 0.5) is 0 Å². The van der Waals surface area contributed by atoms with E-state index >= 15 is 0 Å². The molecule has 0 aliphatic rings. The Morgan fingerprint density at radius 3 is 2.81 bits per heavy atom. The number of hydrogen-bond acceptors (Lipinski definition) is 4. The minimum absolute atomic E-state index is 0.144. The van der Waals surface area contributed by atoms with Gasteiger partial charge in [-0.05, 0) is 25.0 Å². The average molecular weight is 286 g/mol. The number of aromatic amines is 1. The number of carbonyl (C=O) groups excluding carboxylic acids is 1. The van der Waals surface area contributed by atoms with Gasteiger partial charge in [0.15, 0.2) is 0 Å². The first-order valence-electron chi connectivity index (χ1n) is 6.88. The molecular weight excluding hydrogens is 268 g/mol. The zero-order valence-electron chi connectivity index (χ0n) is 12.1. The Morgan fingerprint density at radius 1 is 1.33 bits per heavy atom. The van der Waals surface area contributed by atoms with E-state index in [4.69, 9.17) is 0 Å². The summed E-state index contributed by atoms with van der Waals surface area (Å²) >= 11 is 0. The van der Waals surface area contributed by atoms with Gasteiger partial charge in [-0.3, -0.25) is 19.6 Å². The van der Waals surface area contributed by atoms with E-state index in [0.717, 1.165) is 23.4 Å². The number of H-pyrrole nitrogens is 1. The fraction of sp³-hybridized carbons (Fsp3) is 0.333. The zero-order chi connectivity index (χ0) is 15.2. The molecule has 6 heteroatoms. The van der Waals surface area contributed by atoms with Gasteiger partial charge in [0.05, 0.1) is 11.4 Å². The van der Waals surface area contributed by atoms with Crippen molar-refractivity contribution in [1.82, 2.24) is 20.3 Å². The summed E-state index contributed by atoms with van der Waals surface area (Å²) in [6.45, 7) is 4.25. The van der Waals surface area contributed by atoms with Crippen LogP contribution < -0.4 is 10.9 Å². The molecule has 0 radical (unpaired) electrons. The van der Waals surface area contributed by atoms with Gasteiger partial charge in [-0.2, -0.15) is 0 Å². The van der Waals surface area contributed by atoms with E-state index in [9.17, 15) is 9.59 Å². The highest BCUT2D eigenvalue weighted by Gasteiger charge is 2.11. The number of amides is 1. The minimum Gasteiger partial charge on any atom is -0.351 e. The minimum atomic E-state index is -0.375. The second-order valence-corrected chi connectivity index (χ2v) is 4.70. The van der Waals surface area contributed by atoms with Gasteiger partial charge in [-0.15, -0.1) is 0 Å². The van der Waals surface area contributed by atoms with E-state index in [1.54, 1.807) is 24.7 Å². The van der Waals surface area contributed by atoms with Crippen molar-refractivity contribution < 1.29 is 4.79 Å². The number of aromatic nitrogens is 3. The Balaban J connectivity index is 1.99. The highest BCUT2D eigenvalue weighted by molar-refractivity contribution is 5.93. The Hall–Kier alpha value is -2.50. The second kappa shape index (κ2) is 6.78. The monoisotopic (exact) mass is 286 g/mol. The molecule has 0 aromatic carbocycles. The maximum absolute atomic E-state index is 12.0. The summed E-state index contributed by atoms with van der Waals surface area (Å²) in [6, 6.07) is 1.63. The van der Waals surface area contributed by atoms with Gasteiger partial charge in [-0.25, -0.2) is 0 Å². The van der Waals surface area contributed by atoms with Gasteiger partial charge in [0.25, 0.3) is 11.5 Å². The van der Waals surface area contributed by atoms with Crippen LogP contribution in [0.5, 0.6) is 0 Å². The van der Waals surface area contributed by atoms with Crippen molar-refractivity contribution in [2.24, 2.45) is 0 Å². The first-order valence-corrected chi connectivity index (χ1v) is 6.88. The summed E-state index contributed by atoms with van der Waals surface area (Å²) in [7, 11) is 0. The standard InChI is InChI=1S/C15H18N4O2/c1-3-11-8-12(15(21)19-9-11)14(20)18-5-4-13-10(2)16-6-7-17-13/h6-9H,3-5H2,1-2H3,(H,18,20)(H,19,21). The van der Waals surface area contributed by atoms with E-state index in [1.165, 1.54) is 0 Å². The van der Waals surface area contributed by atoms with Crippen LogP contribution in [0.1, 0.15) is 34.2 Å². The second-order valence-electron chi connectivity index (χ2n) is 4.70. The van der Waals surface area contributed by atoms with Crippen LogP contribution in [0.2, 0.25) is 0 Å². The summed E-state index contributed by atoms with van der Waals surface area (Å²) in [5.74, 6) is -0.368. The van der Waals surface area contributed by atoms with Crippen molar-refractivity contribution in [3.8, 4) is 0 Å². The van der Waals surface area contributed by atoms with Crippen LogP contribution in [0, 0.1) is 6.92 Å². The lowest BCUT2D eigenvalue weighted by Gasteiger charge is -2.06. The molecule has 1 amide bonds. The molecule has 0 saturated heterocycles. The van der Waals surface area contributed by atoms with E-state index in [0.29, 0.717) is 13.0 Å². The molecule has 0 atom stereocenters. The molecule has 0 fully saturated rings. The van der Waals surface area contributed by atoms with Crippen molar-refractivity contribution in [3.63, 3.8) is 0 Å². The van der Waals surface area contributed by atoms with Crippen LogP contribution in [0.15, 0.2) is 29.5 Å². The third-order valence-corrected chi connectivity index (χ3v) is 3.25. The molecule has 2 aromatic rings. The lowest BCUT2D eigenvalue weighted by atomic mass is 10.1. The molecule has 0 saturated carbocycles. The first kappa shape index (κ1) is 14.9. The Kier molecular flexibility index (Phi) is 4.81. The molecule has 2 rings (SSSR count). The number of nitrogens with zero attached hydrogens (tertiary/aromatic N) is 2. The molecule has 2 heterocycles. The van der Waals surface area contributed by atoms with Crippen molar-refractivity contribution >= 4 is 5.91 Å². The van der Waals surface area contributed by atoms with Gasteiger partial charge in [0.2, 0.25) is 0 Å². The lowest BCUT2D eigenvalue weighted by Crippen LogP contribution is -2.31. The van der Waals surface area contributed by atoms with Crippen LogP contribution in [0.25, 0.3) is 0 Å². The smallest absolute Gasteiger partial charge is 0.260 e. The highest BCUT2D eigenvalue weighted by Crippen LogP contribution is 2.01. The fourth-order valence-electron chi connectivity index (χ4n) is 1.97. The van der Waals surface area contributed by atoms with Crippen molar-refractivity contribution in [1.29, 1.82) is 0 Å². The summed E-state index contributed by atoms with van der Waals surface area (Å²) in [5, 5.41) is 2.74. The van der Waals surface area contributed by atoms with Crippen LogP contribution in [-0.2, 0) is 12.8 Å². The van der Waals surface area contributed by atoms with Gasteiger partial charge in [0, 0.05) is 31.6 Å². The molecule has 6 nitrogen and oxygen atoms in total. The summed E-state index contributed by atoms with van der Waals surface area (Å²) in [6.07, 6.45) is 6.22. The topological polar surface area (TPSA) is 87.7 Å². The average Bonchev–Trinajstić information content (AvgIpc) is 2.49. The normalized spacial score (nSPS) is 10.4. The maximum Gasteiger partial charge on any atom is 0.260 e. The molecule has 2 N–H and O–H groups in total. The largest absolute Gasteiger partial charge is 0.351 e. The predicted molar refractivity (Wildman–Crippen MR) is 79.2 cm³/mol. The van der Waals surface area contributed by atoms with E-state index < -0.39 is 0 Å². The van der Waals surface area contributed by atoms with Crippen LogP contribution in [-0.4, -0.2) is 27.4 Å². The van der Waals surface area contributed by atoms with E-state index in [1.807, 2.05) is 13.8 Å². The number of nitrogens with one attached hydrogen (secondary N) is 2. The maximum atomic E-state index is 12.0. The van der Waals surface area contributed by atoms with Crippen LogP contribution >= 0.6 is 0 Å². The Bertz CT molecular complexity index is 694. The van der Waals surface area contributed by atoms with Crippen molar-refractivity contribution in [2.75, 3.05) is 6.54 Å². The lowest BCUT2D eigenvalue weighted by molar-refractivity contribution is 0.0952. The van der Waals surface area contributed by atoms with Crippen LogP contribution in [0.3, 0.4) is 0 Å². The van der Waals surface area contributed by atoms with E-state index in [-0.39, 0.29) is 17.0 Å². The fourth-order valence-corrected chi connectivity index (χ4v) is 1.97. The highest BCUT2D eigenvalue weighted by atomic mass is 16.2. The summed E-state index contributed by atoms with van der Waals surface area (Å²) < 4.78 is 0. The van der Waals surface area contributed by atoms with Gasteiger partial charge in [-0.1, -0.05) is 6.92 Å². The molecule has 21 heavy (non-hydrogen) atoms. The molecule has 0 unspecified atom stereocenters. The first-order chi connectivity index (χ1) is 10.1. The van der Waals surface area contributed by atoms with Gasteiger partial charge < -0.3 is 10.3 Å². The van der Waals surface area contributed by atoms with E-state index in [2.05, 4.69) is 20.3 Å². The number of hydrogen-bond donors (Lipinski definition) is 2. The Morgan fingerprint density at radius 2 is 2.10 bits per heavy atom. The molecule has 0 aliphatic heterocycles. The quantitative estimate of drug-likeness (QED) is 0.858. The molecule has 110 valence electrons. The third-order valence-electron chi connectivity index (χ3n) is 3.25. The van der Waals surface area contributed by atoms with Crippen molar-refractivity contribution in [3.05, 3.63) is 57.5 Å². The summed E-state index contributed by atoms with van der Waals surface area (Å²) in [5.41, 5.74) is 2.38. The number of carbonyl (C=O) groups is 1.